The molecule has 54 heavy (non-hydrogen) atoms. The van der Waals surface area contributed by atoms with E-state index >= 15 is 0 Å². The topological polar surface area (TPSA) is 161 Å². The summed E-state index contributed by atoms with van der Waals surface area (Å²) in [5.74, 6) is 0.863. The molecule has 3 saturated heterocycles. The summed E-state index contributed by atoms with van der Waals surface area (Å²) in [4.78, 5) is 40.6. The summed E-state index contributed by atoms with van der Waals surface area (Å²) in [6, 6.07) is 13.9. The number of nitrogens with zero attached hydrogens (tertiary/aromatic N) is 10. The largest absolute Gasteiger partial charge is 0.380 e. The lowest BCUT2D eigenvalue weighted by molar-refractivity contribution is -0.134. The molecule has 0 spiro atoms. The second kappa shape index (κ2) is 14.8. The van der Waals surface area contributed by atoms with Gasteiger partial charge >= 0.3 is 0 Å². The van der Waals surface area contributed by atoms with Crippen LogP contribution in [0, 0.1) is 17.2 Å². The van der Waals surface area contributed by atoms with Crippen LogP contribution >= 0.6 is 11.3 Å². The molecular formula is C39H44N12O2S. The predicted octanol–water partition coefficient (Wildman–Crippen LogP) is 4.95. The van der Waals surface area contributed by atoms with Gasteiger partial charge in [-0.2, -0.15) is 10.4 Å². The van der Waals surface area contributed by atoms with Crippen molar-refractivity contribution in [3.05, 3.63) is 66.1 Å². The van der Waals surface area contributed by atoms with Gasteiger partial charge in [-0.25, -0.2) is 9.50 Å². The zero-order valence-electron chi connectivity index (χ0n) is 30.8. The second-order valence-electron chi connectivity index (χ2n) is 15.5. The van der Waals surface area contributed by atoms with Gasteiger partial charge < -0.3 is 15.1 Å². The Hall–Kier alpha value is -5.46. The number of nitrogens with one attached hydrogen (secondary N) is 2. The second-order valence-corrected chi connectivity index (χ2v) is 16.4. The van der Waals surface area contributed by atoms with Gasteiger partial charge in [0.25, 0.3) is 0 Å². The molecule has 0 aliphatic carbocycles. The first-order valence-corrected chi connectivity index (χ1v) is 19.4. The van der Waals surface area contributed by atoms with E-state index in [9.17, 15) is 14.9 Å². The van der Waals surface area contributed by atoms with Crippen LogP contribution in [0.4, 0.5) is 16.6 Å². The van der Waals surface area contributed by atoms with Crippen molar-refractivity contribution in [1.82, 2.24) is 40.0 Å². The zero-order chi connectivity index (χ0) is 37.4. The van der Waals surface area contributed by atoms with Crippen molar-refractivity contribution in [1.29, 1.82) is 5.26 Å². The smallest absolute Gasteiger partial charge is 0.234 e. The van der Waals surface area contributed by atoms with Crippen molar-refractivity contribution in [3.63, 3.8) is 0 Å². The normalized spacial score (nSPS) is 18.9. The van der Waals surface area contributed by atoms with Gasteiger partial charge in [0.15, 0.2) is 5.01 Å². The lowest BCUT2D eigenvalue weighted by Gasteiger charge is -2.39. The van der Waals surface area contributed by atoms with Crippen molar-refractivity contribution in [3.8, 4) is 28.0 Å². The van der Waals surface area contributed by atoms with Gasteiger partial charge in [-0.05, 0) is 81.8 Å². The van der Waals surface area contributed by atoms with Crippen molar-refractivity contribution in [2.75, 3.05) is 60.9 Å². The van der Waals surface area contributed by atoms with Crippen LogP contribution in [0.2, 0.25) is 0 Å². The van der Waals surface area contributed by atoms with Crippen LogP contribution in [-0.4, -0.2) is 97.8 Å². The Balaban J connectivity index is 0.863. The fourth-order valence-electron chi connectivity index (χ4n) is 7.61. The van der Waals surface area contributed by atoms with Gasteiger partial charge in [-0.15, -0.1) is 10.2 Å². The number of amides is 2. The maximum Gasteiger partial charge on any atom is 0.234 e. The van der Waals surface area contributed by atoms with E-state index in [4.69, 9.17) is 9.97 Å². The number of rotatable bonds is 8. The van der Waals surface area contributed by atoms with E-state index in [2.05, 4.69) is 67.5 Å². The Morgan fingerprint density at radius 2 is 1.74 bits per heavy atom. The highest BCUT2D eigenvalue weighted by molar-refractivity contribution is 7.18. The number of hydrogen-bond acceptors (Lipinski definition) is 13. The maximum atomic E-state index is 12.3. The molecule has 8 rings (SSSR count). The minimum absolute atomic E-state index is 0.198. The lowest BCUT2D eigenvalue weighted by Crippen LogP contribution is -2.49. The number of anilines is 3. The van der Waals surface area contributed by atoms with E-state index in [-0.39, 0.29) is 23.3 Å². The molecule has 3 fully saturated rings. The summed E-state index contributed by atoms with van der Waals surface area (Å²) in [5, 5.41) is 30.9. The van der Waals surface area contributed by atoms with Crippen LogP contribution in [0.25, 0.3) is 27.5 Å². The number of carbonyl (C=O) groups is 2. The molecule has 5 aromatic rings. The molecule has 0 aromatic carbocycles. The number of carbonyl (C=O) groups excluding carboxylic acids is 2. The van der Waals surface area contributed by atoms with Crippen LogP contribution in [0.1, 0.15) is 63.5 Å². The molecule has 0 saturated carbocycles. The Labute approximate surface area is 318 Å². The number of hydrogen-bond donors (Lipinski definition) is 2. The van der Waals surface area contributed by atoms with Gasteiger partial charge in [-0.3, -0.25) is 24.8 Å². The van der Waals surface area contributed by atoms with Crippen LogP contribution in [0.15, 0.2) is 55.0 Å². The molecule has 15 heteroatoms. The summed E-state index contributed by atoms with van der Waals surface area (Å²) in [7, 11) is 0. The molecule has 8 heterocycles. The minimum Gasteiger partial charge on any atom is -0.380 e. The Morgan fingerprint density at radius 3 is 2.46 bits per heavy atom. The first-order chi connectivity index (χ1) is 26.1. The molecule has 1 unspecified atom stereocenters. The predicted molar refractivity (Wildman–Crippen MR) is 208 cm³/mol. The van der Waals surface area contributed by atoms with Gasteiger partial charge in [0.2, 0.25) is 16.9 Å². The molecule has 3 aliphatic rings. The van der Waals surface area contributed by atoms with E-state index < -0.39 is 0 Å². The Bertz CT molecular complexity index is 2200. The highest BCUT2D eigenvalue weighted by atomic mass is 32.1. The van der Waals surface area contributed by atoms with Crippen molar-refractivity contribution >= 4 is 45.3 Å². The van der Waals surface area contributed by atoms with Gasteiger partial charge in [0, 0.05) is 75.9 Å². The van der Waals surface area contributed by atoms with Gasteiger partial charge in [-0.1, -0.05) is 17.4 Å². The quantitative estimate of drug-likeness (QED) is 0.206. The molecule has 2 N–H and O–H groups in total. The molecule has 0 bridgehead atoms. The fourth-order valence-corrected chi connectivity index (χ4v) is 8.53. The van der Waals surface area contributed by atoms with Crippen LogP contribution in [-0.2, 0) is 9.59 Å². The third-order valence-electron chi connectivity index (χ3n) is 10.5. The average molecular weight is 745 g/mol. The molecule has 3 aliphatic heterocycles. The highest BCUT2D eigenvalue weighted by Crippen LogP contribution is 2.37. The van der Waals surface area contributed by atoms with E-state index in [1.165, 1.54) is 0 Å². The maximum absolute atomic E-state index is 12.3. The van der Waals surface area contributed by atoms with Crippen LogP contribution < -0.4 is 20.4 Å². The zero-order valence-corrected chi connectivity index (χ0v) is 31.6. The number of pyridine rings is 2. The SMILES string of the molecule is CC(C)(C)Nc1cc(-c2ccc3cc(C#N)cnn23)ncc1-c1nnc(N2CCN(CC3CCN(c4ccc(C5CCC(=O)NC5=O)cn4)CC3)CC2)s1. The van der Waals surface area contributed by atoms with Crippen LogP contribution in [0.3, 0.4) is 0 Å². The first kappa shape index (κ1) is 35.6. The number of nitriles is 1. The number of aromatic nitrogens is 6. The molecular weight excluding hydrogens is 701 g/mol. The average Bonchev–Trinajstić information content (AvgIpc) is 3.83. The summed E-state index contributed by atoms with van der Waals surface area (Å²) >= 11 is 1.60. The van der Waals surface area contributed by atoms with Crippen molar-refractivity contribution < 1.29 is 9.59 Å². The minimum atomic E-state index is -0.305. The molecule has 278 valence electrons. The third kappa shape index (κ3) is 7.62. The summed E-state index contributed by atoms with van der Waals surface area (Å²) < 4.78 is 1.81. The van der Waals surface area contributed by atoms with Crippen molar-refractivity contribution in [2.24, 2.45) is 5.92 Å². The summed E-state index contributed by atoms with van der Waals surface area (Å²) in [6.45, 7) is 13.2. The van der Waals surface area contributed by atoms with E-state index in [1.807, 2.05) is 42.6 Å². The monoisotopic (exact) mass is 744 g/mol. The molecule has 2 amide bonds. The van der Waals surface area contributed by atoms with Gasteiger partial charge in [0.1, 0.15) is 11.9 Å². The molecule has 5 aromatic heterocycles. The number of fused-ring (bicyclic) bond motifs is 1. The number of imide groups is 1. The summed E-state index contributed by atoms with van der Waals surface area (Å²) in [6.07, 6.45) is 8.38. The first-order valence-electron chi connectivity index (χ1n) is 18.6. The Kier molecular flexibility index (Phi) is 9.72. The van der Waals surface area contributed by atoms with E-state index in [0.717, 1.165) is 108 Å². The molecule has 0 radical (unpaired) electrons. The van der Waals surface area contributed by atoms with Crippen molar-refractivity contribution in [2.45, 2.75) is 57.9 Å². The highest BCUT2D eigenvalue weighted by Gasteiger charge is 2.30. The number of piperazine rings is 1. The fraction of sp³-hybridized carbons (Fsp3) is 0.436. The van der Waals surface area contributed by atoms with Crippen LogP contribution in [0.5, 0.6) is 0 Å². The lowest BCUT2D eigenvalue weighted by atomic mass is 9.91. The van der Waals surface area contributed by atoms with Gasteiger partial charge in [0.05, 0.1) is 40.1 Å². The van der Waals surface area contributed by atoms with E-state index in [1.54, 1.807) is 28.2 Å². The molecule has 14 nitrogen and oxygen atoms in total. The third-order valence-corrected chi connectivity index (χ3v) is 11.5. The Morgan fingerprint density at radius 1 is 0.926 bits per heavy atom. The molecule has 1 atom stereocenters. The van der Waals surface area contributed by atoms with E-state index in [0.29, 0.717) is 24.3 Å². The standard InChI is InChI=1S/C39H44N12O2S/c1-39(2,3)45-31-19-32(33-7-5-28-18-26(20-40)21-43-51(28)33)41-23-30(31)37-46-47-38(54-37)50-16-14-48(15-17-50)24-25-10-12-49(13-11-25)34-8-4-27(22-42-34)29-6-9-35(52)44-36(29)53/h4-5,7-8,18-19,21-23,25,29H,6,9-17,24H2,1-3H3,(H,41,45)(H,44,52,53). The number of piperidine rings is 2. The summed E-state index contributed by atoms with van der Waals surface area (Å²) in [5.41, 5.74) is 5.47.